The quantitative estimate of drug-likeness (QED) is 0.722. The summed E-state index contributed by atoms with van der Waals surface area (Å²) in [5.74, 6) is 0.325. The number of hydrogen-bond donors (Lipinski definition) is 0. The maximum atomic E-state index is 13.0. The molecule has 0 amide bonds. The van der Waals surface area contributed by atoms with Crippen molar-refractivity contribution in [3.8, 4) is 0 Å². The zero-order valence-corrected chi connectivity index (χ0v) is 18.9. The summed E-state index contributed by atoms with van der Waals surface area (Å²) < 4.78 is 54.7. The monoisotopic (exact) mass is 436 g/mol. The van der Waals surface area contributed by atoms with Crippen molar-refractivity contribution in [2.24, 2.45) is 0 Å². The number of rotatable bonds is 5. The van der Waals surface area contributed by atoms with Crippen LogP contribution in [0.3, 0.4) is 0 Å². The molecule has 0 N–H and O–H groups in total. The van der Waals surface area contributed by atoms with Crippen LogP contribution in [0.25, 0.3) is 0 Å². The predicted molar refractivity (Wildman–Crippen MR) is 114 cm³/mol. The Morgan fingerprint density at radius 3 is 1.79 bits per heavy atom. The smallest absolute Gasteiger partial charge is 0.207 e. The summed E-state index contributed by atoms with van der Waals surface area (Å²) in [4.78, 5) is 0.533. The number of piperazine rings is 1. The molecular weight excluding hydrogens is 408 g/mol. The summed E-state index contributed by atoms with van der Waals surface area (Å²) in [6.07, 6.45) is 0. The van der Waals surface area contributed by atoms with Crippen molar-refractivity contribution in [3.05, 3.63) is 59.2 Å². The van der Waals surface area contributed by atoms with Gasteiger partial charge in [-0.2, -0.15) is 8.61 Å². The Balaban J connectivity index is 1.76. The fourth-order valence-corrected chi connectivity index (χ4v) is 6.60. The van der Waals surface area contributed by atoms with Gasteiger partial charge in [-0.05, 0) is 54.7 Å². The van der Waals surface area contributed by atoms with Crippen LogP contribution >= 0.6 is 0 Å². The van der Waals surface area contributed by atoms with Crippen molar-refractivity contribution in [2.45, 2.75) is 43.4 Å². The van der Waals surface area contributed by atoms with Gasteiger partial charge < -0.3 is 0 Å². The van der Waals surface area contributed by atoms with E-state index >= 15 is 0 Å². The fraction of sp³-hybridized carbons (Fsp3) is 0.429. The predicted octanol–water partition coefficient (Wildman–Crippen LogP) is 3.12. The first-order chi connectivity index (χ1) is 13.5. The maximum absolute atomic E-state index is 13.0. The molecule has 0 unspecified atom stereocenters. The van der Waals surface area contributed by atoms with E-state index in [2.05, 4.69) is 13.8 Å². The minimum Gasteiger partial charge on any atom is -0.207 e. The molecule has 1 aliphatic rings. The van der Waals surface area contributed by atoms with Gasteiger partial charge in [-0.1, -0.05) is 38.1 Å². The van der Waals surface area contributed by atoms with Gasteiger partial charge in [0.05, 0.1) is 9.79 Å². The Morgan fingerprint density at radius 1 is 0.759 bits per heavy atom. The average Bonchev–Trinajstić information content (AvgIpc) is 2.70. The molecule has 1 fully saturated rings. The number of aryl methyl sites for hydroxylation is 2. The zero-order valence-electron chi connectivity index (χ0n) is 17.3. The molecule has 1 saturated heterocycles. The molecular formula is C21H28N2O4S2. The summed E-state index contributed by atoms with van der Waals surface area (Å²) in [7, 11) is -7.29. The van der Waals surface area contributed by atoms with Crippen LogP contribution in [0.4, 0.5) is 0 Å². The van der Waals surface area contributed by atoms with Crippen LogP contribution in [-0.4, -0.2) is 51.6 Å². The van der Waals surface area contributed by atoms with Crippen molar-refractivity contribution in [2.75, 3.05) is 26.2 Å². The first-order valence-electron chi connectivity index (χ1n) is 9.71. The number of sulfonamides is 2. The van der Waals surface area contributed by atoms with Crippen LogP contribution in [0.5, 0.6) is 0 Å². The molecule has 29 heavy (non-hydrogen) atoms. The standard InChI is InChI=1S/C21H28N2O4S2/c1-16(2)19-7-9-20(10-8-19)28(24,25)22-11-13-23(14-12-22)29(26,27)21-15-17(3)5-6-18(21)4/h5-10,15-16H,11-14H2,1-4H3. The molecule has 0 aromatic heterocycles. The van der Waals surface area contributed by atoms with Crippen molar-refractivity contribution in [3.63, 3.8) is 0 Å². The van der Waals surface area contributed by atoms with Gasteiger partial charge in [0.25, 0.3) is 0 Å². The largest absolute Gasteiger partial charge is 0.243 e. The van der Waals surface area contributed by atoms with Gasteiger partial charge in [0.1, 0.15) is 0 Å². The van der Waals surface area contributed by atoms with Crippen molar-refractivity contribution < 1.29 is 16.8 Å². The highest BCUT2D eigenvalue weighted by Crippen LogP contribution is 2.25. The van der Waals surface area contributed by atoms with Gasteiger partial charge in [-0.3, -0.25) is 0 Å². The summed E-state index contributed by atoms with van der Waals surface area (Å²) >= 11 is 0. The van der Waals surface area contributed by atoms with E-state index in [0.29, 0.717) is 11.5 Å². The highest BCUT2D eigenvalue weighted by atomic mass is 32.2. The molecule has 2 aromatic carbocycles. The second-order valence-corrected chi connectivity index (χ2v) is 11.6. The van der Waals surface area contributed by atoms with Gasteiger partial charge in [0.2, 0.25) is 20.0 Å². The molecule has 0 aliphatic carbocycles. The zero-order chi connectivity index (χ0) is 21.4. The van der Waals surface area contributed by atoms with Crippen LogP contribution in [0.1, 0.15) is 36.5 Å². The molecule has 0 spiro atoms. The lowest BCUT2D eigenvalue weighted by Gasteiger charge is -2.33. The Hall–Kier alpha value is -1.74. The van der Waals surface area contributed by atoms with Crippen LogP contribution in [-0.2, 0) is 20.0 Å². The first-order valence-corrected chi connectivity index (χ1v) is 12.6. The second kappa shape index (κ2) is 8.18. The number of nitrogens with zero attached hydrogens (tertiary/aromatic N) is 2. The van der Waals surface area contributed by atoms with Gasteiger partial charge in [-0.25, -0.2) is 16.8 Å². The van der Waals surface area contributed by atoms with E-state index < -0.39 is 20.0 Å². The lowest BCUT2D eigenvalue weighted by Crippen LogP contribution is -2.50. The average molecular weight is 437 g/mol. The van der Waals surface area contributed by atoms with Crippen molar-refractivity contribution in [1.29, 1.82) is 0 Å². The Bertz CT molecular complexity index is 1080. The molecule has 1 aliphatic heterocycles. The normalized spacial score (nSPS) is 17.0. The first kappa shape index (κ1) is 22.0. The molecule has 6 nitrogen and oxygen atoms in total. The van der Waals surface area contributed by atoms with E-state index in [0.717, 1.165) is 11.1 Å². The van der Waals surface area contributed by atoms with E-state index in [1.807, 2.05) is 25.1 Å². The molecule has 2 aromatic rings. The van der Waals surface area contributed by atoms with Gasteiger partial charge in [0.15, 0.2) is 0 Å². The highest BCUT2D eigenvalue weighted by molar-refractivity contribution is 7.89. The van der Waals surface area contributed by atoms with Gasteiger partial charge in [-0.15, -0.1) is 0 Å². The minimum atomic E-state index is -3.65. The van der Waals surface area contributed by atoms with Gasteiger partial charge >= 0.3 is 0 Å². The Morgan fingerprint density at radius 2 is 1.28 bits per heavy atom. The van der Waals surface area contributed by atoms with E-state index in [1.54, 1.807) is 31.2 Å². The Labute approximate surface area is 174 Å². The molecule has 8 heteroatoms. The van der Waals surface area contributed by atoms with Gasteiger partial charge in [0, 0.05) is 26.2 Å². The topological polar surface area (TPSA) is 74.8 Å². The summed E-state index contributed by atoms with van der Waals surface area (Å²) in [6.45, 7) is 8.29. The van der Waals surface area contributed by atoms with Crippen molar-refractivity contribution in [1.82, 2.24) is 8.61 Å². The van der Waals surface area contributed by atoms with Crippen LogP contribution in [0.2, 0.25) is 0 Å². The highest BCUT2D eigenvalue weighted by Gasteiger charge is 2.34. The SMILES string of the molecule is Cc1ccc(C)c(S(=O)(=O)N2CCN(S(=O)(=O)c3ccc(C(C)C)cc3)CC2)c1. The van der Waals surface area contributed by atoms with E-state index in [4.69, 9.17) is 0 Å². The molecule has 158 valence electrons. The third-order valence-corrected chi connectivity index (χ3v) is 9.30. The van der Waals surface area contributed by atoms with Crippen LogP contribution in [0.15, 0.2) is 52.3 Å². The lowest BCUT2D eigenvalue weighted by atomic mass is 10.0. The molecule has 0 bridgehead atoms. The summed E-state index contributed by atoms with van der Waals surface area (Å²) in [6, 6.07) is 12.3. The molecule has 0 radical (unpaired) electrons. The van der Waals surface area contributed by atoms with Crippen molar-refractivity contribution >= 4 is 20.0 Å². The lowest BCUT2D eigenvalue weighted by molar-refractivity contribution is 0.272. The molecule has 1 heterocycles. The number of benzene rings is 2. The van der Waals surface area contributed by atoms with Crippen LogP contribution in [0, 0.1) is 13.8 Å². The molecule has 3 rings (SSSR count). The number of hydrogen-bond acceptors (Lipinski definition) is 4. The van der Waals surface area contributed by atoms with E-state index in [-0.39, 0.29) is 36.0 Å². The molecule has 0 saturated carbocycles. The second-order valence-electron chi connectivity index (χ2n) is 7.80. The summed E-state index contributed by atoms with van der Waals surface area (Å²) in [5.41, 5.74) is 2.64. The minimum absolute atomic E-state index is 0.137. The third kappa shape index (κ3) is 4.40. The molecule has 0 atom stereocenters. The summed E-state index contributed by atoms with van der Waals surface area (Å²) in [5, 5.41) is 0. The van der Waals surface area contributed by atoms with E-state index in [1.165, 1.54) is 8.61 Å². The van der Waals surface area contributed by atoms with E-state index in [9.17, 15) is 16.8 Å². The van der Waals surface area contributed by atoms with Crippen LogP contribution < -0.4 is 0 Å². The maximum Gasteiger partial charge on any atom is 0.243 e. The fourth-order valence-electron chi connectivity index (χ4n) is 3.45. The Kier molecular flexibility index (Phi) is 6.19. The third-order valence-electron chi connectivity index (χ3n) is 5.34.